The molecule has 1 aromatic carbocycles. The number of piperidine rings is 1. The summed E-state index contributed by atoms with van der Waals surface area (Å²) in [5.74, 6) is -2.49. The van der Waals surface area contributed by atoms with Crippen LogP contribution < -0.4 is 0 Å². The van der Waals surface area contributed by atoms with Crippen molar-refractivity contribution in [1.82, 2.24) is 29.7 Å². The molecule has 4 aliphatic rings. The minimum Gasteiger partial charge on any atom is -0.459 e. The van der Waals surface area contributed by atoms with Crippen molar-refractivity contribution >= 4 is 11.7 Å². The van der Waals surface area contributed by atoms with Gasteiger partial charge in [0.15, 0.2) is 12.6 Å². The van der Waals surface area contributed by atoms with Crippen molar-refractivity contribution in [3.63, 3.8) is 0 Å². The van der Waals surface area contributed by atoms with Gasteiger partial charge in [0.25, 0.3) is 5.69 Å². The Morgan fingerprint density at radius 2 is 1.66 bits per heavy atom. The highest BCUT2D eigenvalue weighted by atomic mass is 16.7. The van der Waals surface area contributed by atoms with Gasteiger partial charge in [0.05, 0.1) is 58.2 Å². The summed E-state index contributed by atoms with van der Waals surface area (Å²) in [7, 11) is 5.49. The number of methoxy groups -OCH3 is 1. The molecule has 73 heavy (non-hydrogen) atoms. The Morgan fingerprint density at radius 3 is 2.32 bits per heavy atom. The average Bonchev–Trinajstić information content (AvgIpc) is 3.82. The summed E-state index contributed by atoms with van der Waals surface area (Å²) >= 11 is 0. The Kier molecular flexibility index (Phi) is 20.1. The molecule has 5 heterocycles. The van der Waals surface area contributed by atoms with Gasteiger partial charge in [0.1, 0.15) is 23.9 Å². The molecule has 414 valence electrons. The molecule has 0 aliphatic carbocycles. The van der Waals surface area contributed by atoms with Crippen LogP contribution in [0.5, 0.6) is 0 Å². The number of hydrogen-bond donors (Lipinski definition) is 4. The number of nitrogens with zero attached hydrogens (tertiary/aromatic N) is 7. The number of aliphatic hydroxyl groups excluding tert-OH is 2. The molecule has 0 saturated carbocycles. The summed E-state index contributed by atoms with van der Waals surface area (Å²) in [6.07, 6.45) is -1.22. The molecule has 18 atom stereocenters. The molecule has 0 radical (unpaired) electrons. The number of esters is 1. The molecule has 4 N–H and O–H groups in total. The van der Waals surface area contributed by atoms with Gasteiger partial charge in [-0.1, -0.05) is 38.1 Å². The molecule has 4 saturated heterocycles. The van der Waals surface area contributed by atoms with Gasteiger partial charge in [0.2, 0.25) is 0 Å². The van der Waals surface area contributed by atoms with Crippen LogP contribution in [0.15, 0.2) is 30.5 Å². The van der Waals surface area contributed by atoms with Crippen LogP contribution in [-0.4, -0.2) is 193 Å². The number of carbonyl (C=O) groups is 1. The third kappa shape index (κ3) is 14.4. The second-order valence-electron chi connectivity index (χ2n) is 23.0. The number of non-ortho nitro benzene ring substituents is 1. The van der Waals surface area contributed by atoms with E-state index < -0.39 is 89.9 Å². The van der Waals surface area contributed by atoms with Gasteiger partial charge < -0.3 is 58.6 Å². The highest BCUT2D eigenvalue weighted by Gasteiger charge is 2.52. The van der Waals surface area contributed by atoms with Gasteiger partial charge in [-0.15, -0.1) is 5.10 Å². The number of nitro groups is 1. The molecule has 20 nitrogen and oxygen atoms in total. The number of aromatic nitrogens is 3. The third-order valence-corrected chi connectivity index (χ3v) is 16.7. The number of cyclic esters (lactones) is 1. The Balaban J connectivity index is 1.21. The molecule has 4 aliphatic heterocycles. The van der Waals surface area contributed by atoms with Crippen LogP contribution in [0.2, 0.25) is 0 Å². The first-order valence-electron chi connectivity index (χ1n) is 26.7. The number of benzene rings is 1. The van der Waals surface area contributed by atoms with Crippen molar-refractivity contribution in [3.8, 4) is 0 Å². The van der Waals surface area contributed by atoms with Gasteiger partial charge in [-0.3, -0.25) is 19.8 Å². The number of likely N-dealkylation sites (N-methyl/N-ethyl adjacent to an activating group) is 2. The SMILES string of the molecule is CC[C@H]1OC(=O)[C@H](C)[C@@H](O[C@H]2C[C@@](C)(OC)[C@@H](O)[C@H](C)O2)[C@H](C)[C@@H](O[C@H]2C[C@@H](N(C)CCc3cn([C@@H]4CCCN(Cc5ccc([N+](=O)[O-])cc5)C4)nn3)C[C@@H](C)O2)[C@](C)(O)C[C@@H](C)CN(C)[C@H](C)[C@@H](O)[C@]1(C)O. The number of likely N-dealkylation sites (tertiary alicyclic amines) is 1. The van der Waals surface area contributed by atoms with E-state index in [1.165, 1.54) is 14.0 Å². The first-order chi connectivity index (χ1) is 34.3. The topological polar surface area (TPSA) is 237 Å². The lowest BCUT2D eigenvalue weighted by Gasteiger charge is -2.48. The molecule has 0 amide bonds. The number of nitro benzene ring substituents is 1. The molecule has 2 aromatic rings. The molecule has 20 heteroatoms. The van der Waals surface area contributed by atoms with Crippen LogP contribution >= 0.6 is 0 Å². The van der Waals surface area contributed by atoms with Gasteiger partial charge >= 0.3 is 5.97 Å². The highest BCUT2D eigenvalue weighted by molar-refractivity contribution is 5.73. The van der Waals surface area contributed by atoms with Crippen LogP contribution in [0.1, 0.15) is 131 Å². The van der Waals surface area contributed by atoms with Gasteiger partial charge in [-0.25, -0.2) is 4.68 Å². The quantitative estimate of drug-likeness (QED) is 0.112. The minimum atomic E-state index is -1.81. The maximum atomic E-state index is 14.5. The van der Waals surface area contributed by atoms with E-state index in [1.54, 1.807) is 46.8 Å². The van der Waals surface area contributed by atoms with Gasteiger partial charge in [-0.2, -0.15) is 0 Å². The molecule has 0 unspecified atom stereocenters. The number of aliphatic hydroxyl groups is 4. The van der Waals surface area contributed by atoms with Crippen LogP contribution in [0.4, 0.5) is 5.69 Å². The maximum absolute atomic E-state index is 14.5. The van der Waals surface area contributed by atoms with E-state index in [0.29, 0.717) is 32.5 Å². The van der Waals surface area contributed by atoms with Crippen LogP contribution in [0.3, 0.4) is 0 Å². The fourth-order valence-corrected chi connectivity index (χ4v) is 12.1. The van der Waals surface area contributed by atoms with Crippen molar-refractivity contribution < 1.29 is 58.6 Å². The van der Waals surface area contributed by atoms with Crippen molar-refractivity contribution in [1.29, 1.82) is 0 Å². The Labute approximate surface area is 433 Å². The lowest BCUT2D eigenvalue weighted by atomic mass is 9.77. The zero-order valence-corrected chi connectivity index (χ0v) is 45.8. The largest absolute Gasteiger partial charge is 0.459 e. The normalized spacial score (nSPS) is 40.2. The van der Waals surface area contributed by atoms with Crippen molar-refractivity contribution in [2.24, 2.45) is 17.8 Å². The molecule has 6 rings (SSSR count). The third-order valence-electron chi connectivity index (χ3n) is 16.7. The molecule has 0 spiro atoms. The zero-order valence-electron chi connectivity index (χ0n) is 45.8. The number of ether oxygens (including phenoxy) is 6. The second kappa shape index (κ2) is 24.8. The zero-order chi connectivity index (χ0) is 53.7. The molecule has 1 aromatic heterocycles. The van der Waals surface area contributed by atoms with E-state index in [-0.39, 0.29) is 54.0 Å². The van der Waals surface area contributed by atoms with Crippen molar-refractivity contribution in [2.75, 3.05) is 47.4 Å². The van der Waals surface area contributed by atoms with Crippen LogP contribution in [0, 0.1) is 27.9 Å². The summed E-state index contributed by atoms with van der Waals surface area (Å²) in [4.78, 5) is 31.9. The fraction of sp³-hybridized carbons (Fsp3) is 0.830. The van der Waals surface area contributed by atoms with E-state index in [0.717, 1.165) is 43.6 Å². The standard InChI is InChI=1S/C53H89N7O13/c1-14-43-53(10,65)47(61)36(6)57(12)28-32(2)26-51(8,64)49(34(4)46(35(5)50(63)71-43)72-45-27-52(9,68-13)48(62)37(7)70-45)73-44-25-42(24-33(3)69-44)56(11)23-21-39-30-59(55-54-39)41-16-15-22-58(31-41)29-38-17-19-40(20-18-38)60(66)67/h17-20,30,32-37,41-49,61-62,64-65H,14-16,21-29,31H2,1-13H3/t32-,33-,34+,35-,36-,37+,41-,42+,43-,44+,45+,46+,47-,48+,49-,51-,52-,53-/m1/s1. The van der Waals surface area contributed by atoms with Crippen molar-refractivity contribution in [3.05, 3.63) is 51.8 Å². The summed E-state index contributed by atoms with van der Waals surface area (Å²) in [5.41, 5.74) is -2.35. The first kappa shape index (κ1) is 59.0. The monoisotopic (exact) mass is 1030 g/mol. The van der Waals surface area contributed by atoms with E-state index >= 15 is 0 Å². The maximum Gasteiger partial charge on any atom is 0.311 e. The van der Waals surface area contributed by atoms with Gasteiger partial charge in [0, 0.05) is 88.9 Å². The Bertz CT molecular complexity index is 2080. The van der Waals surface area contributed by atoms with E-state index in [9.17, 15) is 35.3 Å². The number of carbonyl (C=O) groups excluding carboxylic acids is 1. The minimum absolute atomic E-state index is 0.0492. The predicted octanol–water partition coefficient (Wildman–Crippen LogP) is 4.88. The molecular weight excluding hydrogens is 943 g/mol. The summed E-state index contributed by atoms with van der Waals surface area (Å²) < 4.78 is 40.7. The van der Waals surface area contributed by atoms with Gasteiger partial charge in [-0.05, 0) is 113 Å². The molecule has 4 fully saturated rings. The summed E-state index contributed by atoms with van der Waals surface area (Å²) in [6.45, 7) is 21.6. The fourth-order valence-electron chi connectivity index (χ4n) is 12.1. The van der Waals surface area contributed by atoms with E-state index in [4.69, 9.17) is 28.4 Å². The van der Waals surface area contributed by atoms with Crippen LogP contribution in [0.25, 0.3) is 0 Å². The Hall–Kier alpha value is -3.25. The summed E-state index contributed by atoms with van der Waals surface area (Å²) in [5, 5.41) is 67.8. The van der Waals surface area contributed by atoms with E-state index in [1.807, 2.05) is 62.7 Å². The average molecular weight is 1030 g/mol. The Morgan fingerprint density at radius 1 is 0.959 bits per heavy atom. The predicted molar refractivity (Wildman–Crippen MR) is 272 cm³/mol. The van der Waals surface area contributed by atoms with Crippen LogP contribution in [-0.2, 0) is 46.2 Å². The number of rotatable bonds is 14. The van der Waals surface area contributed by atoms with E-state index in [2.05, 4.69) is 27.2 Å². The second-order valence-corrected chi connectivity index (χ2v) is 23.0. The molecular formula is C53H89N7O13. The first-order valence-corrected chi connectivity index (χ1v) is 26.7. The lowest BCUT2D eigenvalue weighted by Crippen LogP contribution is -2.59. The summed E-state index contributed by atoms with van der Waals surface area (Å²) in [6, 6.07) is 6.42. The van der Waals surface area contributed by atoms with Crippen molar-refractivity contribution in [2.45, 2.75) is 217 Å². The highest BCUT2D eigenvalue weighted by Crippen LogP contribution is 2.40. The number of hydrogen-bond acceptors (Lipinski definition) is 18. The smallest absolute Gasteiger partial charge is 0.311 e. The lowest BCUT2D eigenvalue weighted by molar-refractivity contribution is -0.384. The molecule has 0 bridgehead atoms.